The van der Waals surface area contributed by atoms with Gasteiger partial charge in [-0.1, -0.05) is 66.7 Å². The molecule has 0 aromatic heterocycles. The van der Waals surface area contributed by atoms with Crippen molar-refractivity contribution in [2.45, 2.75) is 199 Å². The normalized spacial score (nSPS) is 37.5. The van der Waals surface area contributed by atoms with E-state index in [1.165, 1.54) is 4.90 Å². The number of rotatable bonds is 9. The lowest BCUT2D eigenvalue weighted by molar-refractivity contribution is -0.302. The quantitative estimate of drug-likeness (QED) is 0.100. The first-order valence-corrected chi connectivity index (χ1v) is 26.8. The van der Waals surface area contributed by atoms with Crippen molar-refractivity contribution in [2.24, 2.45) is 29.6 Å². The fourth-order valence-corrected chi connectivity index (χ4v) is 11.5. The van der Waals surface area contributed by atoms with E-state index >= 15 is 0 Å². The van der Waals surface area contributed by atoms with Crippen molar-refractivity contribution < 1.29 is 57.5 Å². The molecular weight excluding hydrogens is 835 g/mol. The predicted octanol–water partition coefficient (Wildman–Crippen LogP) is 7.67. The van der Waals surface area contributed by atoms with Crippen LogP contribution in [0, 0.1) is 29.6 Å². The van der Waals surface area contributed by atoms with E-state index in [0.29, 0.717) is 56.9 Å². The molecule has 2 bridgehead atoms. The molecule has 14 atom stereocenters. The second-order valence-corrected chi connectivity index (χ2v) is 25.9. The van der Waals surface area contributed by atoms with Crippen molar-refractivity contribution in [3.8, 4) is 0 Å². The standard InChI is InChI=1S/C50H83NO12Si/c1-15-18-36-24-30(2)23-31(3)25-42(59-11)45-43(60-12)27-33(5)50(57,62-45)46(54)47(55)51-22-17-16-19-37(51)48(56)61-44(32(4)26-35-20-21-38(52)41(28-35)58-10)34(6)40(29-39(36)53)63-64(13,14)49(7,8)9/h15,24,26,30-31,33-35,37-38,40-45,52,57H,1,16-23,25,27-29H2,2-14H3/t30?,31-,33+,34+,35-,37?,38+,40-,41+,42-,43-,44+,45+,50+/m0/s1. The molecule has 0 radical (unpaired) electrons. The maximum Gasteiger partial charge on any atom is 0.329 e. The highest BCUT2D eigenvalue weighted by Crippen LogP contribution is 2.42. The number of fused-ring (bicyclic) bond motifs is 3. The number of methoxy groups -OCH3 is 3. The molecule has 13 nitrogen and oxygen atoms in total. The number of nitrogens with zero attached hydrogens (tertiary/aromatic N) is 1. The molecule has 1 amide bonds. The number of carbonyl (C=O) groups excluding carboxylic acids is 4. The van der Waals surface area contributed by atoms with E-state index in [4.69, 9.17) is 28.1 Å². The minimum atomic E-state index is -2.55. The molecule has 14 heteroatoms. The van der Waals surface area contributed by atoms with Crippen molar-refractivity contribution in [2.75, 3.05) is 27.9 Å². The first kappa shape index (κ1) is 54.0. The molecule has 2 saturated heterocycles. The zero-order chi connectivity index (χ0) is 47.9. The summed E-state index contributed by atoms with van der Waals surface area (Å²) in [7, 11) is 2.14. The van der Waals surface area contributed by atoms with Gasteiger partial charge in [0.25, 0.3) is 11.7 Å². The molecule has 2 N–H and O–H groups in total. The van der Waals surface area contributed by atoms with Crippen LogP contribution in [0.15, 0.2) is 36.0 Å². The Labute approximate surface area is 385 Å². The SMILES string of the molecule is C=CCC1=CC(C)C[C@H](C)C[C@H](OC)[C@H]2O[C@@](O)(C(=O)C(=O)N3CCCCC3C(=O)O[C@H](C(C)=C[C@@H]3CC[C@@H](O)[C@H](OC)C3)[C@H](C)[C@@H](O[Si](C)(C)C(C)(C)C)CC1=O)[C@H](C)C[C@@H]2OC. The van der Waals surface area contributed by atoms with E-state index in [9.17, 15) is 29.4 Å². The van der Waals surface area contributed by atoms with Gasteiger partial charge in [0.05, 0.1) is 30.5 Å². The molecule has 64 heavy (non-hydrogen) atoms. The fraction of sp³-hybridized carbons (Fsp3) is 0.800. The molecule has 0 spiro atoms. The van der Waals surface area contributed by atoms with Crippen LogP contribution in [0.2, 0.25) is 18.1 Å². The Kier molecular flexibility index (Phi) is 19.4. The first-order chi connectivity index (χ1) is 29.9. The van der Waals surface area contributed by atoms with Crippen LogP contribution in [-0.4, -0.2) is 129 Å². The third-order valence-electron chi connectivity index (χ3n) is 15.1. The summed E-state index contributed by atoms with van der Waals surface area (Å²) >= 11 is 0. The lowest BCUT2D eigenvalue weighted by Gasteiger charge is -2.47. The largest absolute Gasteiger partial charge is 0.456 e. The molecule has 4 aliphatic rings. The van der Waals surface area contributed by atoms with E-state index < -0.39 is 86.3 Å². The average Bonchev–Trinajstić information content (AvgIpc) is 3.23. The zero-order valence-electron chi connectivity index (χ0n) is 41.4. The molecular formula is C50H83NO12Si. The topological polar surface area (TPSA) is 167 Å². The third kappa shape index (κ3) is 12.9. The summed E-state index contributed by atoms with van der Waals surface area (Å²) in [6.07, 6.45) is 6.39. The van der Waals surface area contributed by atoms with Gasteiger partial charge in [-0.3, -0.25) is 14.4 Å². The van der Waals surface area contributed by atoms with E-state index in [-0.39, 0.29) is 60.5 Å². The zero-order valence-corrected chi connectivity index (χ0v) is 42.4. The van der Waals surface area contributed by atoms with E-state index in [2.05, 4.69) is 60.4 Å². The number of carbonyl (C=O) groups is 4. The minimum absolute atomic E-state index is 0.0136. The molecule has 0 aromatic carbocycles. The molecule has 2 unspecified atom stereocenters. The van der Waals surface area contributed by atoms with Crippen LogP contribution < -0.4 is 0 Å². The van der Waals surface area contributed by atoms with Gasteiger partial charge in [-0.15, -0.1) is 6.58 Å². The van der Waals surface area contributed by atoms with Gasteiger partial charge < -0.3 is 43.2 Å². The lowest BCUT2D eigenvalue weighted by Crippen LogP contribution is -2.64. The molecule has 3 fully saturated rings. The highest BCUT2D eigenvalue weighted by atomic mass is 28.4. The molecule has 1 aliphatic carbocycles. The lowest BCUT2D eigenvalue weighted by atomic mass is 9.81. The number of hydrogen-bond acceptors (Lipinski definition) is 12. The van der Waals surface area contributed by atoms with Gasteiger partial charge in [-0.05, 0) is 118 Å². The monoisotopic (exact) mass is 918 g/mol. The molecule has 4 rings (SSSR count). The second-order valence-electron chi connectivity index (χ2n) is 21.1. The van der Waals surface area contributed by atoms with Crippen molar-refractivity contribution in [1.82, 2.24) is 4.90 Å². The highest BCUT2D eigenvalue weighted by Gasteiger charge is 2.57. The summed E-state index contributed by atoms with van der Waals surface area (Å²) in [5.41, 5.74) is 1.39. The number of piperidine rings is 1. The van der Waals surface area contributed by atoms with Gasteiger partial charge in [0, 0.05) is 46.1 Å². The molecule has 1 saturated carbocycles. The second kappa shape index (κ2) is 23.0. The predicted molar refractivity (Wildman–Crippen MR) is 249 cm³/mol. The number of allylic oxidation sites excluding steroid dienone is 4. The molecule has 3 heterocycles. The molecule has 364 valence electrons. The fourth-order valence-electron chi connectivity index (χ4n) is 10.1. The Morgan fingerprint density at radius 3 is 2.17 bits per heavy atom. The Bertz CT molecular complexity index is 1690. The number of ketones is 2. The average molecular weight is 918 g/mol. The van der Waals surface area contributed by atoms with Gasteiger partial charge in [-0.25, -0.2) is 4.79 Å². The van der Waals surface area contributed by atoms with Gasteiger partial charge in [0.2, 0.25) is 5.79 Å². The van der Waals surface area contributed by atoms with Crippen LogP contribution in [0.5, 0.6) is 0 Å². The molecule has 3 aliphatic heterocycles. The maximum absolute atomic E-state index is 14.8. The van der Waals surface area contributed by atoms with Crippen LogP contribution >= 0.6 is 0 Å². The van der Waals surface area contributed by atoms with Crippen LogP contribution in [0.4, 0.5) is 0 Å². The summed E-state index contributed by atoms with van der Waals surface area (Å²) in [4.78, 5) is 59.7. The smallest absolute Gasteiger partial charge is 0.329 e. The summed E-state index contributed by atoms with van der Waals surface area (Å²) in [5, 5.41) is 22.6. The summed E-state index contributed by atoms with van der Waals surface area (Å²) in [5.74, 6) is -6.73. The number of cyclic esters (lactones) is 1. The number of aliphatic hydroxyl groups is 2. The van der Waals surface area contributed by atoms with Gasteiger partial charge in [0.1, 0.15) is 18.2 Å². The summed E-state index contributed by atoms with van der Waals surface area (Å²) < 4.78 is 37.6. The van der Waals surface area contributed by atoms with Crippen LogP contribution in [-0.2, 0) is 47.3 Å². The Morgan fingerprint density at radius 2 is 1.56 bits per heavy atom. The number of aliphatic hydroxyl groups excluding tert-OH is 1. The number of amides is 1. The Balaban J connectivity index is 1.90. The summed E-state index contributed by atoms with van der Waals surface area (Å²) in [6.45, 7) is 24.5. The van der Waals surface area contributed by atoms with Crippen molar-refractivity contribution >= 4 is 31.8 Å². The van der Waals surface area contributed by atoms with E-state index in [1.54, 1.807) is 34.3 Å². The van der Waals surface area contributed by atoms with Crippen LogP contribution in [0.3, 0.4) is 0 Å². The Hall–Kier alpha value is -2.56. The van der Waals surface area contributed by atoms with Crippen molar-refractivity contribution in [3.63, 3.8) is 0 Å². The number of hydrogen-bond donors (Lipinski definition) is 2. The van der Waals surface area contributed by atoms with Crippen molar-refractivity contribution in [1.29, 1.82) is 0 Å². The van der Waals surface area contributed by atoms with Gasteiger partial charge >= 0.3 is 5.97 Å². The summed E-state index contributed by atoms with van der Waals surface area (Å²) in [6, 6.07) is -1.12. The number of Topliss-reactive ketones (excluding diaryl/α,β-unsaturated/α-hetero) is 2. The first-order valence-electron chi connectivity index (χ1n) is 23.9. The minimum Gasteiger partial charge on any atom is -0.456 e. The maximum atomic E-state index is 14.8. The van der Waals surface area contributed by atoms with Gasteiger partial charge in [-0.2, -0.15) is 0 Å². The Morgan fingerprint density at radius 1 is 0.922 bits per heavy atom. The van der Waals surface area contributed by atoms with E-state index in [1.807, 2.05) is 19.9 Å². The van der Waals surface area contributed by atoms with Gasteiger partial charge in [0.15, 0.2) is 14.1 Å². The third-order valence-corrected chi connectivity index (χ3v) is 19.6. The van der Waals surface area contributed by atoms with E-state index in [0.717, 1.165) is 5.57 Å². The van der Waals surface area contributed by atoms with Crippen LogP contribution in [0.25, 0.3) is 0 Å². The molecule has 0 aromatic rings. The van der Waals surface area contributed by atoms with Crippen LogP contribution in [0.1, 0.15) is 126 Å². The highest BCUT2D eigenvalue weighted by molar-refractivity contribution is 6.74. The number of esters is 1. The van der Waals surface area contributed by atoms with Crippen molar-refractivity contribution in [3.05, 3.63) is 36.0 Å². The number of ether oxygens (including phenoxy) is 5.